The SMILES string of the molecule is COc1nc(C)c(OC)c(OC)c1B([O-])[O-].[Li+].[Li+]. The maximum Gasteiger partial charge on any atom is 1.00 e. The van der Waals surface area contributed by atoms with Gasteiger partial charge in [-0.25, -0.2) is 4.98 Å². The first kappa shape index (κ1) is 20.1. The van der Waals surface area contributed by atoms with E-state index in [4.69, 9.17) is 14.2 Å². The van der Waals surface area contributed by atoms with E-state index in [9.17, 15) is 10.0 Å². The molecule has 1 aromatic rings. The van der Waals surface area contributed by atoms with E-state index >= 15 is 0 Å². The first-order chi connectivity index (χ1) is 7.56. The van der Waals surface area contributed by atoms with Crippen molar-refractivity contribution in [1.82, 2.24) is 4.98 Å². The molecule has 0 unspecified atom stereocenters. The minimum atomic E-state index is -2.24. The van der Waals surface area contributed by atoms with Gasteiger partial charge in [0.1, 0.15) is 0 Å². The third kappa shape index (κ3) is 3.86. The maximum atomic E-state index is 11.1. The average molecular weight is 239 g/mol. The van der Waals surface area contributed by atoms with E-state index < -0.39 is 7.12 Å². The van der Waals surface area contributed by atoms with Crippen LogP contribution in [0.25, 0.3) is 0 Å². The van der Waals surface area contributed by atoms with Gasteiger partial charge in [-0.05, 0) is 12.4 Å². The molecular weight excluding hydrogens is 227 g/mol. The van der Waals surface area contributed by atoms with Gasteiger partial charge in [0.15, 0.2) is 11.5 Å². The van der Waals surface area contributed by atoms with Crippen LogP contribution in [0.4, 0.5) is 0 Å². The quantitative estimate of drug-likeness (QED) is 0.485. The van der Waals surface area contributed by atoms with Crippen LogP contribution in [0, 0.1) is 6.92 Å². The van der Waals surface area contributed by atoms with Crippen molar-refractivity contribution >= 4 is 12.6 Å². The summed E-state index contributed by atoms with van der Waals surface area (Å²) in [6.07, 6.45) is 0. The number of aromatic nitrogens is 1. The summed E-state index contributed by atoms with van der Waals surface area (Å²) in [5.74, 6) is 0.335. The van der Waals surface area contributed by atoms with Crippen molar-refractivity contribution in [2.24, 2.45) is 0 Å². The van der Waals surface area contributed by atoms with Crippen LogP contribution >= 0.6 is 0 Å². The number of methoxy groups -OCH3 is 3. The zero-order valence-electron chi connectivity index (χ0n) is 11.6. The van der Waals surface area contributed by atoms with Crippen molar-refractivity contribution in [3.05, 3.63) is 5.69 Å². The molecule has 0 spiro atoms. The minimum absolute atomic E-state index is 0. The Balaban J connectivity index is 0. The van der Waals surface area contributed by atoms with Crippen LogP contribution in [0.15, 0.2) is 0 Å². The van der Waals surface area contributed by atoms with Crippen LogP contribution in [0.3, 0.4) is 0 Å². The molecule has 0 saturated heterocycles. The fourth-order valence-corrected chi connectivity index (χ4v) is 1.45. The Bertz CT molecular complexity index is 392. The van der Waals surface area contributed by atoms with Gasteiger partial charge in [0.05, 0.1) is 27.0 Å². The smallest absolute Gasteiger partial charge is 0.889 e. The number of pyridine rings is 1. The van der Waals surface area contributed by atoms with Crippen LogP contribution in [0.5, 0.6) is 17.4 Å². The first-order valence-corrected chi connectivity index (χ1v) is 4.54. The number of ether oxygens (including phenoxy) is 3. The molecule has 0 aliphatic carbocycles. The van der Waals surface area contributed by atoms with Gasteiger partial charge in [-0.1, -0.05) is 7.12 Å². The van der Waals surface area contributed by atoms with Crippen LogP contribution in [0.1, 0.15) is 5.69 Å². The molecule has 0 fully saturated rings. The number of rotatable bonds is 4. The molecule has 6 nitrogen and oxygen atoms in total. The third-order valence-electron chi connectivity index (χ3n) is 2.12. The zero-order chi connectivity index (χ0) is 12.3. The van der Waals surface area contributed by atoms with Crippen molar-refractivity contribution in [3.63, 3.8) is 0 Å². The molecule has 0 aromatic carbocycles. The summed E-state index contributed by atoms with van der Waals surface area (Å²) in [6, 6.07) is 0. The van der Waals surface area contributed by atoms with E-state index in [-0.39, 0.29) is 60.6 Å². The number of aryl methyl sites for hydroxylation is 1. The van der Waals surface area contributed by atoms with Gasteiger partial charge in [-0.15, -0.1) is 0 Å². The second-order valence-electron chi connectivity index (χ2n) is 3.02. The fraction of sp³-hybridized carbons (Fsp3) is 0.444. The van der Waals surface area contributed by atoms with Crippen LogP contribution in [0.2, 0.25) is 0 Å². The molecule has 1 heterocycles. The Hall–Kier alpha value is -0.270. The normalized spacial score (nSPS) is 8.78. The molecule has 0 radical (unpaired) electrons. The van der Waals surface area contributed by atoms with Crippen molar-refractivity contribution in [2.75, 3.05) is 21.3 Å². The van der Waals surface area contributed by atoms with Crippen molar-refractivity contribution < 1.29 is 62.0 Å². The molecule has 9 heteroatoms. The minimum Gasteiger partial charge on any atom is -0.889 e. The third-order valence-corrected chi connectivity index (χ3v) is 2.12. The predicted octanol–water partition coefficient (Wildman–Crippen LogP) is -8.16. The number of nitrogens with zero attached hydrogens (tertiary/aromatic N) is 1. The van der Waals surface area contributed by atoms with Crippen molar-refractivity contribution in [1.29, 1.82) is 0 Å². The van der Waals surface area contributed by atoms with E-state index in [0.717, 1.165) is 0 Å². The first-order valence-electron chi connectivity index (χ1n) is 4.54. The molecule has 0 saturated carbocycles. The summed E-state index contributed by atoms with van der Waals surface area (Å²) in [5, 5.41) is 22.1. The molecule has 0 atom stereocenters. The Morgan fingerprint density at radius 3 is 1.78 bits per heavy atom. The van der Waals surface area contributed by atoms with Gasteiger partial charge < -0.3 is 24.3 Å². The predicted molar refractivity (Wildman–Crippen MR) is 54.0 cm³/mol. The molecule has 0 aliphatic rings. The number of hydrogen-bond acceptors (Lipinski definition) is 6. The summed E-state index contributed by atoms with van der Waals surface area (Å²) in [5.41, 5.74) is 0.313. The van der Waals surface area contributed by atoms with E-state index in [0.29, 0.717) is 5.69 Å². The number of hydrogen-bond donors (Lipinski definition) is 0. The Labute approximate surface area is 131 Å². The van der Waals surface area contributed by atoms with Crippen molar-refractivity contribution in [2.45, 2.75) is 6.92 Å². The van der Waals surface area contributed by atoms with E-state index in [2.05, 4.69) is 4.98 Å². The van der Waals surface area contributed by atoms with Gasteiger partial charge in [-0.2, -0.15) is 0 Å². The largest absolute Gasteiger partial charge is 1.00 e. The second kappa shape index (κ2) is 8.77. The van der Waals surface area contributed by atoms with Crippen molar-refractivity contribution in [3.8, 4) is 17.4 Å². The van der Waals surface area contributed by atoms with Gasteiger partial charge in [0.2, 0.25) is 5.88 Å². The molecule has 18 heavy (non-hydrogen) atoms. The monoisotopic (exact) mass is 239 g/mol. The Kier molecular flexibility index (Phi) is 9.77. The summed E-state index contributed by atoms with van der Waals surface area (Å²) in [7, 11) is 1.85. The average Bonchev–Trinajstić information content (AvgIpc) is 2.26. The molecular formula is C9H12BLi2NO5. The van der Waals surface area contributed by atoms with Gasteiger partial charge >= 0.3 is 37.7 Å². The Morgan fingerprint density at radius 1 is 0.944 bits per heavy atom. The topological polar surface area (TPSA) is 86.7 Å². The van der Waals surface area contributed by atoms with Crippen LogP contribution in [-0.2, 0) is 0 Å². The van der Waals surface area contributed by atoms with Gasteiger partial charge in [0, 0.05) is 0 Å². The Morgan fingerprint density at radius 2 is 1.44 bits per heavy atom. The van der Waals surface area contributed by atoms with Gasteiger partial charge in [0.25, 0.3) is 0 Å². The standard InChI is InChI=1S/C9H12BNO5.2Li/c1-5-7(14-2)8(15-3)6(10(12)13)9(11-5)16-4;;/h1-4H3;;/q-2;2*+1. The molecule has 0 amide bonds. The molecule has 0 aliphatic heterocycles. The second-order valence-corrected chi connectivity index (χ2v) is 3.02. The molecule has 0 bridgehead atoms. The van der Waals surface area contributed by atoms with E-state index in [1.54, 1.807) is 6.92 Å². The summed E-state index contributed by atoms with van der Waals surface area (Å²) >= 11 is 0. The summed E-state index contributed by atoms with van der Waals surface area (Å²) < 4.78 is 14.9. The molecule has 1 rings (SSSR count). The molecule has 88 valence electrons. The maximum absolute atomic E-state index is 11.1. The van der Waals surface area contributed by atoms with Gasteiger partial charge in [-0.3, -0.25) is 0 Å². The summed E-state index contributed by atoms with van der Waals surface area (Å²) in [6.45, 7) is 1.66. The molecule has 1 aromatic heterocycles. The molecule has 0 N–H and O–H groups in total. The fourth-order valence-electron chi connectivity index (χ4n) is 1.45. The zero-order valence-corrected chi connectivity index (χ0v) is 11.6. The summed E-state index contributed by atoms with van der Waals surface area (Å²) in [4.78, 5) is 3.97. The van der Waals surface area contributed by atoms with Crippen LogP contribution in [-0.4, -0.2) is 33.4 Å². The van der Waals surface area contributed by atoms with E-state index in [1.807, 2.05) is 0 Å². The van der Waals surface area contributed by atoms with E-state index in [1.165, 1.54) is 21.3 Å². The van der Waals surface area contributed by atoms with Crippen LogP contribution < -0.4 is 67.4 Å².